The normalized spacial score (nSPS) is 15.5. The molecule has 5 nitrogen and oxygen atoms in total. The monoisotopic (exact) mass is 364 g/mol. The molecule has 1 aromatic carbocycles. The van der Waals surface area contributed by atoms with Crippen LogP contribution >= 0.6 is 11.3 Å². The molecule has 1 saturated heterocycles. The van der Waals surface area contributed by atoms with E-state index < -0.39 is 10.0 Å². The quantitative estimate of drug-likeness (QED) is 0.887. The molecular weight excluding hydrogens is 344 g/mol. The Morgan fingerprint density at radius 3 is 2.62 bits per heavy atom. The van der Waals surface area contributed by atoms with Gasteiger partial charge < -0.3 is 5.32 Å². The lowest BCUT2D eigenvalue weighted by Gasteiger charge is -2.15. The number of sulfonamides is 1. The van der Waals surface area contributed by atoms with E-state index in [1.54, 1.807) is 5.38 Å². The number of carbonyl (C=O) groups is 1. The Hall–Kier alpha value is -1.70. The molecule has 1 aromatic heterocycles. The number of rotatable bonds is 5. The van der Waals surface area contributed by atoms with Gasteiger partial charge in [0.05, 0.1) is 0 Å². The summed E-state index contributed by atoms with van der Waals surface area (Å²) >= 11 is 1.16. The van der Waals surface area contributed by atoms with Gasteiger partial charge in [0.25, 0.3) is 5.91 Å². The number of benzene rings is 1. The summed E-state index contributed by atoms with van der Waals surface area (Å²) in [6.45, 7) is 3.42. The Kier molecular flexibility index (Phi) is 5.03. The van der Waals surface area contributed by atoms with Crippen molar-refractivity contribution in [3.8, 4) is 0 Å². The largest absolute Gasteiger partial charge is 0.347 e. The molecule has 7 heteroatoms. The molecule has 0 aliphatic carbocycles. The highest BCUT2D eigenvalue weighted by molar-refractivity contribution is 7.89. The van der Waals surface area contributed by atoms with Gasteiger partial charge in [-0.25, -0.2) is 8.42 Å². The molecule has 2 heterocycles. The highest BCUT2D eigenvalue weighted by atomic mass is 32.2. The Morgan fingerprint density at radius 2 is 1.92 bits per heavy atom. The van der Waals surface area contributed by atoms with Crippen molar-refractivity contribution in [2.24, 2.45) is 0 Å². The third-order valence-corrected chi connectivity index (χ3v) is 7.20. The molecule has 24 heavy (non-hydrogen) atoms. The number of aryl methyl sites for hydroxylation is 1. The van der Waals surface area contributed by atoms with Crippen molar-refractivity contribution in [1.82, 2.24) is 9.62 Å². The van der Waals surface area contributed by atoms with Crippen LogP contribution in [0.5, 0.6) is 0 Å². The van der Waals surface area contributed by atoms with Crippen molar-refractivity contribution in [3.63, 3.8) is 0 Å². The average molecular weight is 364 g/mol. The zero-order chi connectivity index (χ0) is 17.2. The van der Waals surface area contributed by atoms with Crippen molar-refractivity contribution in [2.45, 2.75) is 31.2 Å². The molecule has 1 amide bonds. The zero-order valence-corrected chi connectivity index (χ0v) is 15.1. The summed E-state index contributed by atoms with van der Waals surface area (Å²) in [7, 11) is -3.58. The summed E-state index contributed by atoms with van der Waals surface area (Å²) in [5.74, 6) is -0.342. The van der Waals surface area contributed by atoms with Gasteiger partial charge in [0.2, 0.25) is 10.0 Å². The molecular formula is C17H20N2O3S2. The Morgan fingerprint density at radius 1 is 1.21 bits per heavy atom. The lowest BCUT2D eigenvalue weighted by Crippen LogP contribution is -2.30. The fourth-order valence-corrected chi connectivity index (χ4v) is 5.63. The van der Waals surface area contributed by atoms with E-state index in [0.29, 0.717) is 19.6 Å². The zero-order valence-electron chi connectivity index (χ0n) is 13.5. The van der Waals surface area contributed by atoms with E-state index in [2.05, 4.69) is 5.32 Å². The minimum absolute atomic E-state index is 0.122. The van der Waals surface area contributed by atoms with Crippen LogP contribution < -0.4 is 5.32 Å². The van der Waals surface area contributed by atoms with Gasteiger partial charge in [0, 0.05) is 19.6 Å². The third kappa shape index (κ3) is 3.38. The number of carbonyl (C=O) groups excluding carboxylic acids is 1. The molecule has 0 unspecified atom stereocenters. The predicted octanol–water partition coefficient (Wildman–Crippen LogP) is 2.77. The molecule has 128 valence electrons. The first-order valence-corrected chi connectivity index (χ1v) is 10.2. The molecule has 0 radical (unpaired) electrons. The fourth-order valence-electron chi connectivity index (χ4n) is 2.80. The molecule has 2 aromatic rings. The van der Waals surface area contributed by atoms with Gasteiger partial charge in [0.1, 0.15) is 9.77 Å². The van der Waals surface area contributed by atoms with Crippen LogP contribution in [-0.2, 0) is 16.6 Å². The van der Waals surface area contributed by atoms with Gasteiger partial charge in [-0.3, -0.25) is 4.79 Å². The van der Waals surface area contributed by atoms with Gasteiger partial charge in [-0.1, -0.05) is 24.3 Å². The second kappa shape index (κ2) is 7.04. The first-order chi connectivity index (χ1) is 11.5. The Labute approximate surface area is 146 Å². The number of amides is 1. The summed E-state index contributed by atoms with van der Waals surface area (Å²) in [4.78, 5) is 12.9. The van der Waals surface area contributed by atoms with Gasteiger partial charge in [0.15, 0.2) is 0 Å². The Balaban J connectivity index is 1.77. The third-order valence-electron chi connectivity index (χ3n) is 4.22. The van der Waals surface area contributed by atoms with Crippen LogP contribution in [0.15, 0.2) is 40.6 Å². The maximum atomic E-state index is 12.7. The Bertz CT molecular complexity index is 837. The van der Waals surface area contributed by atoms with E-state index in [4.69, 9.17) is 0 Å². The molecule has 1 aliphatic heterocycles. The van der Waals surface area contributed by atoms with Crippen molar-refractivity contribution in [1.29, 1.82) is 0 Å². The predicted molar refractivity (Wildman–Crippen MR) is 94.7 cm³/mol. The van der Waals surface area contributed by atoms with Crippen molar-refractivity contribution < 1.29 is 13.2 Å². The minimum atomic E-state index is -3.58. The fraction of sp³-hybridized carbons (Fsp3) is 0.353. The van der Waals surface area contributed by atoms with Crippen molar-refractivity contribution in [3.05, 3.63) is 51.7 Å². The number of nitrogens with one attached hydrogen (secondary N) is 1. The lowest BCUT2D eigenvalue weighted by atomic mass is 10.1. The summed E-state index contributed by atoms with van der Waals surface area (Å²) < 4.78 is 26.9. The summed E-state index contributed by atoms with van der Waals surface area (Å²) in [5.41, 5.74) is 2.11. The number of nitrogens with zero attached hydrogens (tertiary/aromatic N) is 1. The van der Waals surface area contributed by atoms with E-state index in [9.17, 15) is 13.2 Å². The van der Waals surface area contributed by atoms with Gasteiger partial charge in [-0.2, -0.15) is 4.31 Å². The first kappa shape index (κ1) is 17.1. The highest BCUT2D eigenvalue weighted by Gasteiger charge is 2.31. The van der Waals surface area contributed by atoms with Crippen LogP contribution in [0.25, 0.3) is 0 Å². The van der Waals surface area contributed by atoms with E-state index in [0.717, 1.165) is 35.3 Å². The molecule has 0 bridgehead atoms. The van der Waals surface area contributed by atoms with Crippen molar-refractivity contribution in [2.75, 3.05) is 13.1 Å². The summed E-state index contributed by atoms with van der Waals surface area (Å²) in [6.07, 6.45) is 1.75. The molecule has 0 saturated carbocycles. The van der Waals surface area contributed by atoms with Gasteiger partial charge >= 0.3 is 0 Å². The van der Waals surface area contributed by atoms with Crippen LogP contribution in [0.3, 0.4) is 0 Å². The van der Waals surface area contributed by atoms with Crippen molar-refractivity contribution >= 4 is 27.3 Å². The molecule has 3 rings (SSSR count). The molecule has 0 atom stereocenters. The average Bonchev–Trinajstić information content (AvgIpc) is 3.25. The smallest absolute Gasteiger partial charge is 0.263 e. The van der Waals surface area contributed by atoms with Gasteiger partial charge in [-0.05, 0) is 42.3 Å². The summed E-state index contributed by atoms with van der Waals surface area (Å²) in [5, 5.41) is 4.49. The minimum Gasteiger partial charge on any atom is -0.347 e. The van der Waals surface area contributed by atoms with Crippen LogP contribution in [0.2, 0.25) is 0 Å². The number of thiophene rings is 1. The molecule has 1 N–H and O–H groups in total. The first-order valence-electron chi connectivity index (χ1n) is 7.90. The van der Waals surface area contributed by atoms with Gasteiger partial charge in [-0.15, -0.1) is 11.3 Å². The van der Waals surface area contributed by atoms with Crippen LogP contribution in [0.4, 0.5) is 0 Å². The summed E-state index contributed by atoms with van der Waals surface area (Å²) in [6, 6.07) is 9.33. The maximum absolute atomic E-state index is 12.7. The van der Waals surface area contributed by atoms with E-state index in [1.165, 1.54) is 10.4 Å². The standard InChI is InChI=1S/C17H20N2O3S2/c1-13-6-2-3-7-14(13)12-18-17(20)16-15(8-11-23-16)24(21,22)19-9-4-5-10-19/h2-3,6-8,11H,4-5,9-10,12H2,1H3,(H,18,20). The molecule has 0 spiro atoms. The number of hydrogen-bond donors (Lipinski definition) is 1. The second-order valence-corrected chi connectivity index (χ2v) is 8.66. The SMILES string of the molecule is Cc1ccccc1CNC(=O)c1sccc1S(=O)(=O)N1CCCC1. The molecule has 1 fully saturated rings. The van der Waals surface area contributed by atoms with Crippen LogP contribution in [0.1, 0.15) is 33.6 Å². The number of hydrogen-bond acceptors (Lipinski definition) is 4. The maximum Gasteiger partial charge on any atom is 0.263 e. The molecule has 1 aliphatic rings. The second-order valence-electron chi connectivity index (χ2n) is 5.83. The van der Waals surface area contributed by atoms with Crippen LogP contribution in [-0.4, -0.2) is 31.7 Å². The topological polar surface area (TPSA) is 66.5 Å². The lowest BCUT2D eigenvalue weighted by molar-refractivity contribution is 0.0952. The van der Waals surface area contributed by atoms with E-state index in [1.807, 2.05) is 31.2 Å². The highest BCUT2D eigenvalue weighted by Crippen LogP contribution is 2.27. The van der Waals surface area contributed by atoms with Crippen LogP contribution in [0, 0.1) is 6.92 Å². The van der Waals surface area contributed by atoms with E-state index in [-0.39, 0.29) is 15.7 Å². The van der Waals surface area contributed by atoms with E-state index >= 15 is 0 Å².